The van der Waals surface area contributed by atoms with Gasteiger partial charge in [-0.2, -0.15) is 0 Å². The summed E-state index contributed by atoms with van der Waals surface area (Å²) < 4.78 is 0. The first kappa shape index (κ1) is 9.58. The fourth-order valence-electron chi connectivity index (χ4n) is 0. The standard InChI is InChI=1S/C2H7NO.HNO2/c1-2-3-4;2-1-3/h3-4H,2H2,1H3;(H,2,3). The predicted octanol–water partition coefficient (Wildman–Crippen LogP) is 0.127. The van der Waals surface area contributed by atoms with Crippen LogP contribution in [-0.4, -0.2) is 17.0 Å². The van der Waals surface area contributed by atoms with Crippen molar-refractivity contribution < 1.29 is 10.4 Å². The molecule has 5 heteroatoms. The van der Waals surface area contributed by atoms with Crippen LogP contribution in [0.15, 0.2) is 5.34 Å². The Morgan fingerprint density at radius 1 is 1.86 bits per heavy atom. The molecule has 0 saturated carbocycles. The van der Waals surface area contributed by atoms with Gasteiger partial charge in [-0.3, -0.25) is 0 Å². The lowest BCUT2D eigenvalue weighted by Gasteiger charge is -1.75. The highest BCUT2D eigenvalue weighted by atomic mass is 16.6. The second-order valence-electron chi connectivity index (χ2n) is 0.593. The SMILES string of the molecule is CCNO.O=NO. The molecule has 44 valence electrons. The molecule has 0 aromatic heterocycles. The molecule has 0 aromatic rings. The quantitative estimate of drug-likeness (QED) is 0.329. The van der Waals surface area contributed by atoms with Crippen LogP contribution >= 0.6 is 0 Å². The van der Waals surface area contributed by atoms with E-state index in [0.717, 1.165) is 0 Å². The Hall–Kier alpha value is -0.680. The molecule has 0 aliphatic rings. The molecule has 0 bridgehead atoms. The van der Waals surface area contributed by atoms with Crippen molar-refractivity contribution in [3.63, 3.8) is 0 Å². The van der Waals surface area contributed by atoms with Crippen molar-refractivity contribution >= 4 is 0 Å². The Morgan fingerprint density at radius 2 is 2.00 bits per heavy atom. The van der Waals surface area contributed by atoms with Gasteiger partial charge in [0.05, 0.1) is 0 Å². The van der Waals surface area contributed by atoms with E-state index >= 15 is 0 Å². The fraction of sp³-hybridized carbons (Fsp3) is 1.00. The maximum absolute atomic E-state index is 8.11. The van der Waals surface area contributed by atoms with E-state index in [2.05, 4.69) is 0 Å². The number of nitrogens with one attached hydrogen (secondary N) is 1. The summed E-state index contributed by atoms with van der Waals surface area (Å²) in [7, 11) is 0. The zero-order valence-electron chi connectivity index (χ0n) is 3.96. The maximum Gasteiger partial charge on any atom is 0.152 e. The van der Waals surface area contributed by atoms with Gasteiger partial charge in [0.2, 0.25) is 0 Å². The third-order valence-electron chi connectivity index (χ3n) is 0.158. The molecule has 0 atom stereocenters. The largest absolute Gasteiger partial charge is 0.379 e. The summed E-state index contributed by atoms with van der Waals surface area (Å²) >= 11 is 0. The molecule has 7 heavy (non-hydrogen) atoms. The van der Waals surface area contributed by atoms with E-state index in [4.69, 9.17) is 15.3 Å². The molecule has 0 fully saturated rings. The summed E-state index contributed by atoms with van der Waals surface area (Å²) in [5, 5.41) is 15.5. The third kappa shape index (κ3) is 573. The highest BCUT2D eigenvalue weighted by molar-refractivity contribution is 4.04. The Kier molecular flexibility index (Phi) is 25.3. The summed E-state index contributed by atoms with van der Waals surface area (Å²) in [6, 6.07) is 0. The van der Waals surface area contributed by atoms with E-state index < -0.39 is 0 Å². The third-order valence-corrected chi connectivity index (χ3v) is 0.158. The molecule has 0 amide bonds. The van der Waals surface area contributed by atoms with Crippen molar-refractivity contribution in [3.05, 3.63) is 4.91 Å². The smallest absolute Gasteiger partial charge is 0.152 e. The van der Waals surface area contributed by atoms with Crippen molar-refractivity contribution in [2.75, 3.05) is 6.54 Å². The van der Waals surface area contributed by atoms with Crippen molar-refractivity contribution in [2.45, 2.75) is 6.92 Å². The second kappa shape index (κ2) is 18.4. The van der Waals surface area contributed by atoms with E-state index in [1.54, 1.807) is 0 Å². The van der Waals surface area contributed by atoms with Crippen molar-refractivity contribution in [2.24, 2.45) is 5.34 Å². The number of hydroxylamine groups is 1. The number of rotatable bonds is 1. The molecule has 3 N–H and O–H groups in total. The van der Waals surface area contributed by atoms with Gasteiger partial charge in [0.15, 0.2) is 5.34 Å². The van der Waals surface area contributed by atoms with Crippen LogP contribution in [0.2, 0.25) is 0 Å². The lowest BCUT2D eigenvalue weighted by Crippen LogP contribution is -2.02. The number of hydrogen-bond donors (Lipinski definition) is 3. The minimum atomic E-state index is 0.625. The van der Waals surface area contributed by atoms with Crippen molar-refractivity contribution in [3.8, 4) is 0 Å². The molecule has 0 radical (unpaired) electrons. The molecule has 0 aromatic carbocycles. The molecule has 0 aliphatic carbocycles. The highest BCUT2D eigenvalue weighted by Gasteiger charge is 1.51. The second-order valence-corrected chi connectivity index (χ2v) is 0.593. The van der Waals surface area contributed by atoms with Crippen LogP contribution in [0, 0.1) is 4.91 Å². The Bertz CT molecular complexity index is 30.1. The molecule has 0 heterocycles. The van der Waals surface area contributed by atoms with Gasteiger partial charge < -0.3 is 10.4 Å². The number of hydrogen-bond acceptors (Lipinski definition) is 4. The van der Waals surface area contributed by atoms with E-state index in [9.17, 15) is 0 Å². The summed E-state index contributed by atoms with van der Waals surface area (Å²) in [6.07, 6.45) is 0. The van der Waals surface area contributed by atoms with Gasteiger partial charge in [0.1, 0.15) is 0 Å². The van der Waals surface area contributed by atoms with Gasteiger partial charge in [-0.05, 0) is 0 Å². The van der Waals surface area contributed by atoms with Gasteiger partial charge >= 0.3 is 0 Å². The molecule has 0 rings (SSSR count). The molecule has 5 nitrogen and oxygen atoms in total. The topological polar surface area (TPSA) is 81.9 Å². The van der Waals surface area contributed by atoms with Gasteiger partial charge in [-0.1, -0.05) is 6.92 Å². The van der Waals surface area contributed by atoms with Gasteiger partial charge in [0.25, 0.3) is 0 Å². The summed E-state index contributed by atoms with van der Waals surface area (Å²) in [6.45, 7) is 2.44. The van der Waals surface area contributed by atoms with Crippen LogP contribution in [0.4, 0.5) is 0 Å². The maximum atomic E-state index is 8.11. The van der Waals surface area contributed by atoms with Crippen LogP contribution in [0.3, 0.4) is 0 Å². The van der Waals surface area contributed by atoms with E-state index in [1.807, 2.05) is 12.4 Å². The summed E-state index contributed by atoms with van der Waals surface area (Å²) in [4.78, 5) is 8.11. The Labute approximate surface area is 40.9 Å². The average molecular weight is 108 g/mol. The van der Waals surface area contributed by atoms with Gasteiger partial charge in [-0.15, -0.1) is 4.91 Å². The normalized spacial score (nSPS) is 6.00. The van der Waals surface area contributed by atoms with Crippen LogP contribution in [-0.2, 0) is 0 Å². The molecule has 0 spiro atoms. The first-order chi connectivity index (χ1) is 3.33. The van der Waals surface area contributed by atoms with Gasteiger partial charge in [0, 0.05) is 6.54 Å². The van der Waals surface area contributed by atoms with E-state index in [1.165, 1.54) is 5.34 Å². The number of nitrogens with zero attached hydrogens (tertiary/aromatic N) is 1. The monoisotopic (exact) mass is 108 g/mol. The zero-order chi connectivity index (χ0) is 6.12. The van der Waals surface area contributed by atoms with E-state index in [-0.39, 0.29) is 0 Å². The van der Waals surface area contributed by atoms with Crippen LogP contribution < -0.4 is 5.48 Å². The van der Waals surface area contributed by atoms with Crippen LogP contribution in [0.1, 0.15) is 6.92 Å². The summed E-state index contributed by atoms with van der Waals surface area (Å²) in [5.74, 6) is 0. The molecule has 0 saturated heterocycles. The summed E-state index contributed by atoms with van der Waals surface area (Å²) in [5.41, 5.74) is 1.93. The van der Waals surface area contributed by atoms with Crippen LogP contribution in [0.5, 0.6) is 0 Å². The lowest BCUT2D eigenvalue weighted by molar-refractivity contribution is 0.173. The lowest BCUT2D eigenvalue weighted by atomic mass is 10.8. The minimum Gasteiger partial charge on any atom is -0.379 e. The molecular formula is C2H8N2O3. The van der Waals surface area contributed by atoms with Crippen molar-refractivity contribution in [1.82, 2.24) is 5.48 Å². The minimum absolute atomic E-state index is 0.625. The zero-order valence-corrected chi connectivity index (χ0v) is 3.96. The fourth-order valence-corrected chi connectivity index (χ4v) is 0. The Morgan fingerprint density at radius 3 is 2.00 bits per heavy atom. The predicted molar refractivity (Wildman–Crippen MR) is 23.0 cm³/mol. The van der Waals surface area contributed by atoms with E-state index in [0.29, 0.717) is 6.54 Å². The first-order valence-electron chi connectivity index (χ1n) is 1.67. The highest BCUT2D eigenvalue weighted by Crippen LogP contribution is 1.34. The van der Waals surface area contributed by atoms with Gasteiger partial charge in [-0.25, -0.2) is 5.48 Å². The molecule has 0 unspecified atom stereocenters. The average Bonchev–Trinajstić information content (AvgIpc) is 1.69. The van der Waals surface area contributed by atoms with Crippen molar-refractivity contribution in [1.29, 1.82) is 0 Å². The van der Waals surface area contributed by atoms with Crippen LogP contribution in [0.25, 0.3) is 0 Å². The Balaban J connectivity index is 0. The molecular weight excluding hydrogens is 100 g/mol. The first-order valence-corrected chi connectivity index (χ1v) is 1.67. The molecule has 0 aliphatic heterocycles.